The molecule has 1 fully saturated rings. The van der Waals surface area contributed by atoms with Crippen molar-refractivity contribution in [2.45, 2.75) is 25.8 Å². The quantitative estimate of drug-likeness (QED) is 0.629. The van der Waals surface area contributed by atoms with Gasteiger partial charge in [0.1, 0.15) is 5.82 Å². The first-order valence-electron chi connectivity index (χ1n) is 8.74. The Morgan fingerprint density at radius 2 is 1.96 bits per heavy atom. The van der Waals surface area contributed by atoms with Crippen molar-refractivity contribution in [3.63, 3.8) is 0 Å². The van der Waals surface area contributed by atoms with Gasteiger partial charge in [-0.05, 0) is 54.7 Å². The second kappa shape index (κ2) is 7.90. The average Bonchev–Trinajstić information content (AvgIpc) is 3.31. The molecule has 4 N–H and O–H groups in total. The van der Waals surface area contributed by atoms with Crippen molar-refractivity contribution in [3.05, 3.63) is 65.5 Å². The molecular formula is C20H22ClN5O. The fourth-order valence-electron chi connectivity index (χ4n) is 3.28. The van der Waals surface area contributed by atoms with Crippen molar-refractivity contribution >= 4 is 24.0 Å². The zero-order valence-corrected chi connectivity index (χ0v) is 15.8. The summed E-state index contributed by atoms with van der Waals surface area (Å²) >= 11 is 0. The molecule has 2 aromatic carbocycles. The molecule has 140 valence electrons. The number of nitrogens with one attached hydrogen (secondary N) is 2. The number of amides is 1. The molecule has 1 saturated carbocycles. The number of carbonyl (C=O) groups is 1. The minimum atomic E-state index is 0. The molecule has 0 bridgehead atoms. The van der Waals surface area contributed by atoms with Crippen molar-refractivity contribution < 1.29 is 4.79 Å². The molecule has 2 unspecified atom stereocenters. The molecule has 0 saturated heterocycles. The minimum Gasteiger partial charge on any atom is -0.326 e. The molecule has 3 aromatic rings. The molecule has 0 aliphatic heterocycles. The zero-order valence-electron chi connectivity index (χ0n) is 15.0. The van der Waals surface area contributed by atoms with Crippen molar-refractivity contribution in [1.82, 2.24) is 15.2 Å². The lowest BCUT2D eigenvalue weighted by atomic mass is 10.0. The summed E-state index contributed by atoms with van der Waals surface area (Å²) in [5.74, 6) is 1.71. The standard InChI is InChI=1S/C20H21N5O.ClH/c1-12-4-2-3-5-15(12)16-10-17(16)20(26)22-14-8-6-13(7-9-14)19-23-18(11-21)24-25-19;/h2-9,16-17H,10-11,21H2,1H3,(H,22,26)(H,23,24,25);1H. The van der Waals surface area contributed by atoms with Crippen LogP contribution in [0, 0.1) is 12.8 Å². The maximum Gasteiger partial charge on any atom is 0.228 e. The molecule has 1 aliphatic rings. The topological polar surface area (TPSA) is 96.7 Å². The third kappa shape index (κ3) is 4.02. The number of H-pyrrole nitrogens is 1. The van der Waals surface area contributed by atoms with E-state index in [1.54, 1.807) is 0 Å². The van der Waals surface area contributed by atoms with Crippen LogP contribution in [-0.4, -0.2) is 21.1 Å². The summed E-state index contributed by atoms with van der Waals surface area (Å²) in [5.41, 5.74) is 9.73. The molecule has 2 atom stereocenters. The SMILES string of the molecule is Cc1ccccc1C1CC1C(=O)Nc1ccc(-c2n[nH]c(CN)n2)cc1.Cl. The summed E-state index contributed by atoms with van der Waals surface area (Å²) in [6, 6.07) is 15.8. The van der Waals surface area contributed by atoms with E-state index in [4.69, 9.17) is 5.73 Å². The van der Waals surface area contributed by atoms with Crippen LogP contribution >= 0.6 is 12.4 Å². The predicted molar refractivity (Wildman–Crippen MR) is 108 cm³/mol. The Morgan fingerprint density at radius 1 is 1.22 bits per heavy atom. The molecule has 0 spiro atoms. The number of carbonyl (C=O) groups excluding carboxylic acids is 1. The van der Waals surface area contributed by atoms with Crippen LogP contribution in [0.4, 0.5) is 5.69 Å². The van der Waals surface area contributed by atoms with Gasteiger partial charge in [-0.1, -0.05) is 24.3 Å². The van der Waals surface area contributed by atoms with E-state index < -0.39 is 0 Å². The average molecular weight is 384 g/mol. The number of rotatable bonds is 5. The maximum atomic E-state index is 12.5. The van der Waals surface area contributed by atoms with Crippen LogP contribution in [0.3, 0.4) is 0 Å². The van der Waals surface area contributed by atoms with Gasteiger partial charge < -0.3 is 11.1 Å². The van der Waals surface area contributed by atoms with E-state index >= 15 is 0 Å². The zero-order chi connectivity index (χ0) is 18.1. The van der Waals surface area contributed by atoms with Crippen LogP contribution in [0.2, 0.25) is 0 Å². The summed E-state index contributed by atoms with van der Waals surface area (Å²) in [4.78, 5) is 16.8. The summed E-state index contributed by atoms with van der Waals surface area (Å²) in [6.07, 6.45) is 0.911. The molecule has 0 radical (unpaired) electrons. The van der Waals surface area contributed by atoms with E-state index in [9.17, 15) is 4.79 Å². The second-order valence-corrected chi connectivity index (χ2v) is 6.68. The van der Waals surface area contributed by atoms with Crippen LogP contribution in [0.15, 0.2) is 48.5 Å². The van der Waals surface area contributed by atoms with Crippen molar-refractivity contribution in [1.29, 1.82) is 0 Å². The van der Waals surface area contributed by atoms with Crippen molar-refractivity contribution in [2.75, 3.05) is 5.32 Å². The second-order valence-electron chi connectivity index (χ2n) is 6.68. The number of aromatic nitrogens is 3. The molecule has 1 aliphatic carbocycles. The number of nitrogens with two attached hydrogens (primary N) is 1. The predicted octanol–water partition coefficient (Wildman–Crippen LogP) is 3.40. The van der Waals surface area contributed by atoms with E-state index in [0.29, 0.717) is 24.1 Å². The lowest BCUT2D eigenvalue weighted by Gasteiger charge is -2.07. The van der Waals surface area contributed by atoms with E-state index in [0.717, 1.165) is 17.7 Å². The first-order valence-corrected chi connectivity index (χ1v) is 8.74. The molecule has 1 heterocycles. The van der Waals surface area contributed by atoms with Gasteiger partial charge in [0.05, 0.1) is 6.54 Å². The highest BCUT2D eigenvalue weighted by Crippen LogP contribution is 2.48. The third-order valence-corrected chi connectivity index (χ3v) is 4.85. The summed E-state index contributed by atoms with van der Waals surface area (Å²) < 4.78 is 0. The number of hydrogen-bond acceptors (Lipinski definition) is 4. The highest BCUT2D eigenvalue weighted by Gasteiger charge is 2.44. The Labute approximate surface area is 164 Å². The van der Waals surface area contributed by atoms with Crippen LogP contribution < -0.4 is 11.1 Å². The molecule has 27 heavy (non-hydrogen) atoms. The molecule has 7 heteroatoms. The first kappa shape index (κ1) is 19.1. The smallest absolute Gasteiger partial charge is 0.228 e. The Balaban J connectivity index is 0.00000210. The normalized spacial score (nSPS) is 17.9. The van der Waals surface area contributed by atoms with Gasteiger partial charge in [-0.3, -0.25) is 9.89 Å². The molecule has 1 amide bonds. The summed E-state index contributed by atoms with van der Waals surface area (Å²) in [6.45, 7) is 2.42. The third-order valence-electron chi connectivity index (χ3n) is 4.85. The van der Waals surface area contributed by atoms with Crippen LogP contribution in [0.5, 0.6) is 0 Å². The van der Waals surface area contributed by atoms with Gasteiger partial charge in [-0.15, -0.1) is 12.4 Å². The Hall–Kier alpha value is -2.70. The Bertz CT molecular complexity index is 938. The molecule has 1 aromatic heterocycles. The van der Waals surface area contributed by atoms with Gasteiger partial charge in [0.2, 0.25) is 5.91 Å². The maximum absolute atomic E-state index is 12.5. The van der Waals surface area contributed by atoms with Crippen LogP contribution in [0.1, 0.15) is 29.3 Å². The Kier molecular flexibility index (Phi) is 5.58. The highest BCUT2D eigenvalue weighted by molar-refractivity contribution is 5.95. The summed E-state index contributed by atoms with van der Waals surface area (Å²) in [7, 11) is 0. The fraction of sp³-hybridized carbons (Fsp3) is 0.250. The van der Waals surface area contributed by atoms with Crippen molar-refractivity contribution in [3.8, 4) is 11.4 Å². The number of benzene rings is 2. The molecular weight excluding hydrogens is 362 g/mol. The highest BCUT2D eigenvalue weighted by atomic mass is 35.5. The first-order chi connectivity index (χ1) is 12.7. The van der Waals surface area contributed by atoms with Crippen molar-refractivity contribution in [2.24, 2.45) is 11.7 Å². The van der Waals surface area contributed by atoms with Gasteiger partial charge in [0.15, 0.2) is 5.82 Å². The van der Waals surface area contributed by atoms with E-state index in [1.165, 1.54) is 11.1 Å². The minimum absolute atomic E-state index is 0. The number of aromatic amines is 1. The number of nitrogens with zero attached hydrogens (tertiary/aromatic N) is 2. The van der Waals surface area contributed by atoms with Gasteiger partial charge in [0.25, 0.3) is 0 Å². The fourth-order valence-corrected chi connectivity index (χ4v) is 3.28. The largest absolute Gasteiger partial charge is 0.326 e. The molecule has 4 rings (SSSR count). The summed E-state index contributed by atoms with van der Waals surface area (Å²) in [5, 5.41) is 9.94. The number of hydrogen-bond donors (Lipinski definition) is 3. The number of aryl methyl sites for hydroxylation is 1. The van der Waals surface area contributed by atoms with Crippen LogP contribution in [0.25, 0.3) is 11.4 Å². The lowest BCUT2D eigenvalue weighted by Crippen LogP contribution is -2.14. The van der Waals surface area contributed by atoms with E-state index in [2.05, 4.69) is 39.6 Å². The lowest BCUT2D eigenvalue weighted by molar-refractivity contribution is -0.117. The van der Waals surface area contributed by atoms with Crippen LogP contribution in [-0.2, 0) is 11.3 Å². The molecule has 6 nitrogen and oxygen atoms in total. The number of anilines is 1. The van der Waals surface area contributed by atoms with E-state index in [1.807, 2.05) is 36.4 Å². The van der Waals surface area contributed by atoms with Gasteiger partial charge in [-0.25, -0.2) is 4.98 Å². The van der Waals surface area contributed by atoms with Gasteiger partial charge in [0, 0.05) is 17.2 Å². The van der Waals surface area contributed by atoms with E-state index in [-0.39, 0.29) is 24.2 Å². The Morgan fingerprint density at radius 3 is 2.63 bits per heavy atom. The van der Waals surface area contributed by atoms with Gasteiger partial charge in [-0.2, -0.15) is 5.10 Å². The monoisotopic (exact) mass is 383 g/mol. The number of halogens is 1. The van der Waals surface area contributed by atoms with Gasteiger partial charge >= 0.3 is 0 Å².